The van der Waals surface area contributed by atoms with Crippen LogP contribution in [0.1, 0.15) is 18.4 Å². The van der Waals surface area contributed by atoms with Gasteiger partial charge < -0.3 is 0 Å². The fourth-order valence-corrected chi connectivity index (χ4v) is 4.19. The highest BCUT2D eigenvalue weighted by atomic mass is 32.2. The van der Waals surface area contributed by atoms with Gasteiger partial charge in [-0.15, -0.1) is 0 Å². The zero-order valence-corrected chi connectivity index (χ0v) is 14.2. The molecule has 0 aliphatic carbocycles. The summed E-state index contributed by atoms with van der Waals surface area (Å²) in [6.07, 6.45) is 4.56. The predicted octanol–water partition coefficient (Wildman–Crippen LogP) is 1.38. The summed E-state index contributed by atoms with van der Waals surface area (Å²) in [5, 5.41) is 0.644. The molecule has 0 bridgehead atoms. The minimum atomic E-state index is -3.17. The monoisotopic (exact) mass is 335 g/mol. The molecule has 1 aliphatic heterocycles. The molecular formula is C16H21N3O3S. The third-order valence-corrected chi connectivity index (χ3v) is 5.74. The van der Waals surface area contributed by atoms with Crippen LogP contribution in [-0.2, 0) is 16.6 Å². The van der Waals surface area contributed by atoms with Gasteiger partial charge in [0.15, 0.2) is 0 Å². The average Bonchev–Trinajstić information content (AvgIpc) is 2.50. The first-order valence-electron chi connectivity index (χ1n) is 7.76. The van der Waals surface area contributed by atoms with Crippen molar-refractivity contribution in [3.63, 3.8) is 0 Å². The van der Waals surface area contributed by atoms with Crippen molar-refractivity contribution in [3.05, 3.63) is 40.4 Å². The van der Waals surface area contributed by atoms with Gasteiger partial charge in [0.25, 0.3) is 5.56 Å². The van der Waals surface area contributed by atoms with Gasteiger partial charge in [0.1, 0.15) is 0 Å². The van der Waals surface area contributed by atoms with E-state index in [9.17, 15) is 13.2 Å². The molecule has 0 amide bonds. The van der Waals surface area contributed by atoms with E-state index in [1.54, 1.807) is 10.9 Å². The summed E-state index contributed by atoms with van der Waals surface area (Å²) in [6.45, 7) is 3.44. The van der Waals surface area contributed by atoms with E-state index in [0.29, 0.717) is 30.5 Å². The second kappa shape index (κ2) is 6.05. The van der Waals surface area contributed by atoms with E-state index in [2.05, 4.69) is 4.98 Å². The van der Waals surface area contributed by atoms with Crippen LogP contribution in [0.15, 0.2) is 29.3 Å². The summed E-state index contributed by atoms with van der Waals surface area (Å²) in [6, 6.07) is 5.63. The molecule has 0 radical (unpaired) electrons. The maximum atomic E-state index is 12.7. The number of fused-ring (bicyclic) bond motifs is 1. The van der Waals surface area contributed by atoms with Gasteiger partial charge in [0.2, 0.25) is 10.0 Å². The molecule has 1 saturated heterocycles. The zero-order valence-electron chi connectivity index (χ0n) is 13.4. The highest BCUT2D eigenvalue weighted by Gasteiger charge is 2.26. The summed E-state index contributed by atoms with van der Waals surface area (Å²) >= 11 is 0. The van der Waals surface area contributed by atoms with E-state index in [-0.39, 0.29) is 11.5 Å². The maximum absolute atomic E-state index is 12.7. The van der Waals surface area contributed by atoms with Crippen LogP contribution in [0, 0.1) is 12.8 Å². The Balaban J connectivity index is 1.89. The fourth-order valence-electron chi connectivity index (χ4n) is 3.25. The number of aryl methyl sites for hydroxylation is 1. The molecule has 0 spiro atoms. The fraction of sp³-hybridized carbons (Fsp3) is 0.500. The van der Waals surface area contributed by atoms with E-state index in [0.717, 1.165) is 18.4 Å². The summed E-state index contributed by atoms with van der Waals surface area (Å²) < 4.78 is 26.6. The van der Waals surface area contributed by atoms with Crippen molar-refractivity contribution in [3.8, 4) is 0 Å². The highest BCUT2D eigenvalue weighted by molar-refractivity contribution is 7.88. The van der Waals surface area contributed by atoms with Crippen LogP contribution in [0.4, 0.5) is 0 Å². The largest absolute Gasteiger partial charge is 0.298 e. The van der Waals surface area contributed by atoms with Gasteiger partial charge in [-0.3, -0.25) is 9.36 Å². The first-order chi connectivity index (χ1) is 10.9. The number of hydrogen-bond acceptors (Lipinski definition) is 4. The number of sulfonamides is 1. The molecule has 0 unspecified atom stereocenters. The molecule has 1 aliphatic rings. The van der Waals surface area contributed by atoms with Crippen molar-refractivity contribution >= 4 is 20.9 Å². The Morgan fingerprint density at radius 3 is 2.87 bits per heavy atom. The summed E-state index contributed by atoms with van der Waals surface area (Å²) in [4.78, 5) is 17.1. The SMILES string of the molecule is Cc1cccc2ncn(C[C@@H]3CCCN(S(C)(=O)=O)C3)c(=O)c12. The molecule has 1 fully saturated rings. The molecular weight excluding hydrogens is 314 g/mol. The lowest BCUT2D eigenvalue weighted by Crippen LogP contribution is -2.41. The second-order valence-corrected chi connectivity index (χ2v) is 8.28. The number of rotatable bonds is 3. The lowest BCUT2D eigenvalue weighted by Gasteiger charge is -2.31. The summed E-state index contributed by atoms with van der Waals surface area (Å²) in [7, 11) is -3.17. The Morgan fingerprint density at radius 1 is 1.35 bits per heavy atom. The molecule has 124 valence electrons. The maximum Gasteiger partial charge on any atom is 0.261 e. The van der Waals surface area contributed by atoms with Crippen molar-refractivity contribution in [2.45, 2.75) is 26.3 Å². The van der Waals surface area contributed by atoms with Crippen LogP contribution in [-0.4, -0.2) is 41.6 Å². The Hall–Kier alpha value is -1.73. The zero-order chi connectivity index (χ0) is 16.6. The molecule has 6 nitrogen and oxygen atoms in total. The van der Waals surface area contributed by atoms with Gasteiger partial charge in [-0.05, 0) is 37.3 Å². The smallest absolute Gasteiger partial charge is 0.261 e. The van der Waals surface area contributed by atoms with Crippen molar-refractivity contribution in [1.82, 2.24) is 13.9 Å². The van der Waals surface area contributed by atoms with Crippen molar-refractivity contribution < 1.29 is 8.42 Å². The van der Waals surface area contributed by atoms with Gasteiger partial charge in [-0.2, -0.15) is 0 Å². The molecule has 2 aromatic rings. The van der Waals surface area contributed by atoms with Gasteiger partial charge in [-0.1, -0.05) is 12.1 Å². The lowest BCUT2D eigenvalue weighted by atomic mass is 9.99. The quantitative estimate of drug-likeness (QED) is 0.849. The van der Waals surface area contributed by atoms with Crippen LogP contribution in [0.2, 0.25) is 0 Å². The molecule has 0 N–H and O–H groups in total. The van der Waals surface area contributed by atoms with Crippen molar-refractivity contribution in [2.75, 3.05) is 19.3 Å². The summed E-state index contributed by atoms with van der Waals surface area (Å²) in [5.41, 5.74) is 1.56. The number of benzene rings is 1. The molecule has 3 rings (SSSR count). The van der Waals surface area contributed by atoms with E-state index in [4.69, 9.17) is 0 Å². The molecule has 1 aromatic heterocycles. The van der Waals surface area contributed by atoms with Crippen molar-refractivity contribution in [2.24, 2.45) is 5.92 Å². The number of piperidine rings is 1. The third kappa shape index (κ3) is 3.30. The molecule has 7 heteroatoms. The van der Waals surface area contributed by atoms with Crippen LogP contribution in [0.5, 0.6) is 0 Å². The van der Waals surface area contributed by atoms with Gasteiger partial charge in [0.05, 0.1) is 23.5 Å². The molecule has 2 heterocycles. The average molecular weight is 335 g/mol. The van der Waals surface area contributed by atoms with Crippen LogP contribution in [0.25, 0.3) is 10.9 Å². The minimum absolute atomic E-state index is 0.0513. The molecule has 1 atom stereocenters. The second-order valence-electron chi connectivity index (χ2n) is 6.30. The van der Waals surface area contributed by atoms with Crippen LogP contribution in [0.3, 0.4) is 0 Å². The molecule has 1 aromatic carbocycles. The Morgan fingerprint density at radius 2 is 2.13 bits per heavy atom. The first-order valence-corrected chi connectivity index (χ1v) is 9.61. The van der Waals surface area contributed by atoms with Crippen LogP contribution < -0.4 is 5.56 Å². The van der Waals surface area contributed by atoms with E-state index >= 15 is 0 Å². The number of nitrogens with zero attached hydrogens (tertiary/aromatic N) is 3. The Bertz CT molecular complexity index is 889. The van der Waals surface area contributed by atoms with Gasteiger partial charge in [-0.25, -0.2) is 17.7 Å². The van der Waals surface area contributed by atoms with E-state index in [1.807, 2.05) is 25.1 Å². The molecule has 23 heavy (non-hydrogen) atoms. The highest BCUT2D eigenvalue weighted by Crippen LogP contribution is 2.20. The topological polar surface area (TPSA) is 72.3 Å². The van der Waals surface area contributed by atoms with Crippen LogP contribution >= 0.6 is 0 Å². The number of aromatic nitrogens is 2. The Kier molecular flexibility index (Phi) is 4.25. The standard InChI is InChI=1S/C16H21N3O3S/c1-12-5-3-7-14-15(12)16(20)18(11-17-14)9-13-6-4-8-19(10-13)23(2,21)22/h3,5,7,11,13H,4,6,8-10H2,1-2H3/t13-/m0/s1. The van der Waals surface area contributed by atoms with Crippen molar-refractivity contribution in [1.29, 1.82) is 0 Å². The summed E-state index contributed by atoms with van der Waals surface area (Å²) in [5.74, 6) is 0.138. The third-order valence-electron chi connectivity index (χ3n) is 4.47. The van der Waals surface area contributed by atoms with Gasteiger partial charge >= 0.3 is 0 Å². The minimum Gasteiger partial charge on any atom is -0.298 e. The lowest BCUT2D eigenvalue weighted by molar-refractivity contribution is 0.244. The predicted molar refractivity (Wildman–Crippen MR) is 89.9 cm³/mol. The normalized spacial score (nSPS) is 20.0. The van der Waals surface area contributed by atoms with E-state index in [1.165, 1.54) is 10.6 Å². The first kappa shape index (κ1) is 16.1. The number of hydrogen-bond donors (Lipinski definition) is 0. The van der Waals surface area contributed by atoms with Gasteiger partial charge in [0, 0.05) is 19.6 Å². The molecule has 0 saturated carbocycles. The van der Waals surface area contributed by atoms with E-state index < -0.39 is 10.0 Å². The Labute approximate surface area is 135 Å².